The van der Waals surface area contributed by atoms with Gasteiger partial charge in [-0.15, -0.1) is 0 Å². The van der Waals surface area contributed by atoms with Crippen LogP contribution in [0, 0.1) is 0 Å². The number of hydrogen-bond donors (Lipinski definition) is 1. The summed E-state index contributed by atoms with van der Waals surface area (Å²) in [6.45, 7) is 0. The number of rotatable bonds is 6. The van der Waals surface area contributed by atoms with Gasteiger partial charge in [0, 0.05) is 12.1 Å². The highest BCUT2D eigenvalue weighted by Gasteiger charge is 2.38. The van der Waals surface area contributed by atoms with Gasteiger partial charge in [-0.25, -0.2) is 4.90 Å². The predicted octanol–water partition coefficient (Wildman–Crippen LogP) is 3.62. The van der Waals surface area contributed by atoms with Crippen molar-refractivity contribution in [3.63, 3.8) is 0 Å². The summed E-state index contributed by atoms with van der Waals surface area (Å²) in [6.07, 6.45) is 0.671. The molecule has 2 amide bonds. The first-order valence-corrected chi connectivity index (χ1v) is 9.69. The maximum Gasteiger partial charge on any atom is 0.311 e. The van der Waals surface area contributed by atoms with Gasteiger partial charge in [0.05, 0.1) is 23.9 Å². The Morgan fingerprint density at radius 1 is 0.935 bits per heavy atom. The molecule has 0 saturated heterocycles. The average molecular weight is 416 g/mol. The Morgan fingerprint density at radius 3 is 2.39 bits per heavy atom. The summed E-state index contributed by atoms with van der Waals surface area (Å²) in [4.78, 5) is 39.1. The van der Waals surface area contributed by atoms with E-state index in [4.69, 9.17) is 15.2 Å². The second kappa shape index (κ2) is 8.31. The van der Waals surface area contributed by atoms with Gasteiger partial charge in [-0.05, 0) is 54.4 Å². The molecule has 0 saturated carbocycles. The minimum Gasteiger partial charge on any atom is -0.495 e. The SMILES string of the molecule is COc1ccccc1N1C(=O)c2ccc(OC(=O)CCc3ccc(N)cc3)cc2C1=O. The fourth-order valence-electron chi connectivity index (χ4n) is 3.43. The second-order valence-electron chi connectivity index (χ2n) is 7.04. The first-order chi connectivity index (χ1) is 15.0. The first kappa shape index (κ1) is 20.2. The number of carbonyl (C=O) groups is 3. The van der Waals surface area contributed by atoms with Crippen molar-refractivity contribution in [3.05, 3.63) is 83.4 Å². The number of nitrogens with two attached hydrogens (primary N) is 1. The molecule has 3 aromatic rings. The lowest BCUT2D eigenvalue weighted by Crippen LogP contribution is -2.29. The fraction of sp³-hybridized carbons (Fsp3) is 0.125. The zero-order valence-corrected chi connectivity index (χ0v) is 16.8. The maximum atomic E-state index is 13.0. The second-order valence-corrected chi connectivity index (χ2v) is 7.04. The highest BCUT2D eigenvalue weighted by atomic mass is 16.5. The summed E-state index contributed by atoms with van der Waals surface area (Å²) in [7, 11) is 1.47. The van der Waals surface area contributed by atoms with Crippen molar-refractivity contribution in [3.8, 4) is 11.5 Å². The number of anilines is 2. The van der Waals surface area contributed by atoms with Crippen molar-refractivity contribution in [2.45, 2.75) is 12.8 Å². The third-order valence-electron chi connectivity index (χ3n) is 5.01. The van der Waals surface area contributed by atoms with Crippen LogP contribution in [-0.2, 0) is 11.2 Å². The van der Waals surface area contributed by atoms with E-state index in [9.17, 15) is 14.4 Å². The molecule has 2 N–H and O–H groups in total. The van der Waals surface area contributed by atoms with Crippen LogP contribution in [0.15, 0.2) is 66.7 Å². The standard InChI is InChI=1S/C24H20N2O5/c1-30-21-5-3-2-4-20(21)26-23(28)18-12-11-17(14-19(18)24(26)29)31-22(27)13-8-15-6-9-16(25)10-7-15/h2-7,9-12,14H,8,13,25H2,1H3. The lowest BCUT2D eigenvalue weighted by atomic mass is 10.1. The van der Waals surface area contributed by atoms with Gasteiger partial charge in [-0.3, -0.25) is 14.4 Å². The molecule has 0 radical (unpaired) electrons. The third-order valence-corrected chi connectivity index (χ3v) is 5.01. The molecule has 1 aliphatic heterocycles. The van der Waals surface area contributed by atoms with Crippen LogP contribution in [0.4, 0.5) is 11.4 Å². The summed E-state index contributed by atoms with van der Waals surface area (Å²) in [5.41, 5.74) is 8.07. The number of carbonyl (C=O) groups excluding carboxylic acids is 3. The molecule has 0 atom stereocenters. The van der Waals surface area contributed by atoms with Crippen LogP contribution < -0.4 is 20.1 Å². The number of hydrogen-bond acceptors (Lipinski definition) is 6. The van der Waals surface area contributed by atoms with Gasteiger partial charge >= 0.3 is 5.97 Å². The summed E-state index contributed by atoms with van der Waals surface area (Å²) in [6, 6.07) is 18.5. The van der Waals surface area contributed by atoms with Crippen LogP contribution in [0.2, 0.25) is 0 Å². The molecule has 156 valence electrons. The molecule has 1 aliphatic rings. The van der Waals surface area contributed by atoms with Gasteiger partial charge in [0.15, 0.2) is 0 Å². The number of fused-ring (bicyclic) bond motifs is 1. The lowest BCUT2D eigenvalue weighted by Gasteiger charge is -2.16. The highest BCUT2D eigenvalue weighted by Crippen LogP contribution is 2.35. The summed E-state index contributed by atoms with van der Waals surface area (Å²) in [5.74, 6) is -0.763. The van der Waals surface area contributed by atoms with Gasteiger partial charge < -0.3 is 15.2 Å². The number of amides is 2. The Labute approximate surface area is 179 Å². The average Bonchev–Trinajstić information content (AvgIpc) is 3.03. The van der Waals surface area contributed by atoms with E-state index in [1.54, 1.807) is 36.4 Å². The van der Waals surface area contributed by atoms with Crippen LogP contribution in [0.1, 0.15) is 32.7 Å². The number of aryl methyl sites for hydroxylation is 1. The van der Waals surface area contributed by atoms with E-state index in [0.717, 1.165) is 10.5 Å². The Hall–Kier alpha value is -4.13. The maximum absolute atomic E-state index is 13.0. The fourth-order valence-corrected chi connectivity index (χ4v) is 3.43. The zero-order valence-electron chi connectivity index (χ0n) is 16.8. The van der Waals surface area contributed by atoms with Crippen molar-refractivity contribution in [1.29, 1.82) is 0 Å². The minimum absolute atomic E-state index is 0.168. The van der Waals surface area contributed by atoms with Gasteiger partial charge in [-0.2, -0.15) is 0 Å². The van der Waals surface area contributed by atoms with Gasteiger partial charge in [-0.1, -0.05) is 24.3 Å². The highest BCUT2D eigenvalue weighted by molar-refractivity contribution is 6.35. The number of esters is 1. The molecule has 0 fully saturated rings. The smallest absolute Gasteiger partial charge is 0.311 e. The largest absolute Gasteiger partial charge is 0.495 e. The lowest BCUT2D eigenvalue weighted by molar-refractivity contribution is -0.134. The Balaban J connectivity index is 1.49. The van der Waals surface area contributed by atoms with E-state index in [2.05, 4.69) is 0 Å². The number of para-hydroxylation sites is 2. The number of nitrogen functional groups attached to an aromatic ring is 1. The predicted molar refractivity (Wildman–Crippen MR) is 115 cm³/mol. The van der Waals surface area contributed by atoms with E-state index in [-0.39, 0.29) is 23.3 Å². The first-order valence-electron chi connectivity index (χ1n) is 9.69. The van der Waals surface area contributed by atoms with Crippen LogP contribution in [0.25, 0.3) is 0 Å². The molecule has 31 heavy (non-hydrogen) atoms. The summed E-state index contributed by atoms with van der Waals surface area (Å²) >= 11 is 0. The molecule has 7 nitrogen and oxygen atoms in total. The summed E-state index contributed by atoms with van der Waals surface area (Å²) < 4.78 is 10.7. The summed E-state index contributed by atoms with van der Waals surface area (Å²) in [5, 5.41) is 0. The molecular weight excluding hydrogens is 396 g/mol. The normalized spacial score (nSPS) is 12.6. The van der Waals surface area contributed by atoms with Crippen LogP contribution in [0.5, 0.6) is 11.5 Å². The Kier molecular flexibility index (Phi) is 5.41. The number of imide groups is 1. The third kappa shape index (κ3) is 3.98. The van der Waals surface area contributed by atoms with Crippen molar-refractivity contribution in [2.75, 3.05) is 17.7 Å². The molecule has 0 aliphatic carbocycles. The molecule has 4 rings (SSSR count). The Bertz CT molecular complexity index is 1170. The van der Waals surface area contributed by atoms with E-state index in [0.29, 0.717) is 23.5 Å². The number of nitrogens with zero attached hydrogens (tertiary/aromatic N) is 1. The number of ether oxygens (including phenoxy) is 2. The van der Waals surface area contributed by atoms with E-state index >= 15 is 0 Å². The zero-order chi connectivity index (χ0) is 22.0. The van der Waals surface area contributed by atoms with Crippen LogP contribution >= 0.6 is 0 Å². The van der Waals surface area contributed by atoms with Crippen molar-refractivity contribution in [2.24, 2.45) is 0 Å². The van der Waals surface area contributed by atoms with Gasteiger partial charge in [0.25, 0.3) is 11.8 Å². The van der Waals surface area contributed by atoms with E-state index in [1.807, 2.05) is 12.1 Å². The molecule has 7 heteroatoms. The van der Waals surface area contributed by atoms with Gasteiger partial charge in [0.2, 0.25) is 0 Å². The van der Waals surface area contributed by atoms with E-state index in [1.165, 1.54) is 25.3 Å². The molecule has 0 spiro atoms. The van der Waals surface area contributed by atoms with E-state index < -0.39 is 17.8 Å². The van der Waals surface area contributed by atoms with Gasteiger partial charge in [0.1, 0.15) is 11.5 Å². The Morgan fingerprint density at radius 2 is 1.65 bits per heavy atom. The number of benzene rings is 3. The topological polar surface area (TPSA) is 98.9 Å². The molecule has 0 aromatic heterocycles. The van der Waals surface area contributed by atoms with Crippen molar-refractivity contribution in [1.82, 2.24) is 0 Å². The van der Waals surface area contributed by atoms with Crippen LogP contribution in [-0.4, -0.2) is 24.9 Å². The van der Waals surface area contributed by atoms with Crippen molar-refractivity contribution >= 4 is 29.2 Å². The molecule has 1 heterocycles. The molecule has 0 bridgehead atoms. The van der Waals surface area contributed by atoms with Crippen LogP contribution in [0.3, 0.4) is 0 Å². The molecule has 0 unspecified atom stereocenters. The van der Waals surface area contributed by atoms with Crippen molar-refractivity contribution < 1.29 is 23.9 Å². The molecular formula is C24H20N2O5. The quantitative estimate of drug-likeness (QED) is 0.285. The molecule has 3 aromatic carbocycles. The number of methoxy groups -OCH3 is 1. The monoisotopic (exact) mass is 416 g/mol. The minimum atomic E-state index is -0.496.